The third kappa shape index (κ3) is 3.86. The number of hydrogen-bond acceptors (Lipinski definition) is 4. The third-order valence-electron chi connectivity index (χ3n) is 5.22. The van der Waals surface area contributed by atoms with Crippen LogP contribution < -0.4 is 5.32 Å². The molecule has 0 saturated heterocycles. The van der Waals surface area contributed by atoms with Crippen LogP contribution in [-0.4, -0.2) is 22.3 Å². The lowest BCUT2D eigenvalue weighted by molar-refractivity contribution is -0.131. The van der Waals surface area contributed by atoms with Crippen molar-refractivity contribution >= 4 is 17.3 Å². The molecule has 27 heavy (non-hydrogen) atoms. The van der Waals surface area contributed by atoms with Crippen LogP contribution in [0.5, 0.6) is 0 Å². The minimum atomic E-state index is -1.26. The van der Waals surface area contributed by atoms with Gasteiger partial charge in [0, 0.05) is 29.3 Å². The summed E-state index contributed by atoms with van der Waals surface area (Å²) in [5.74, 6) is -1.38. The SMILES string of the molecule is CC(=O)C1=C(Nc2ccccc2)C[C@@](C)(O)[C@@H](C(C)=O)[C@H]1c1ccccc1. The molecule has 0 unspecified atom stereocenters. The monoisotopic (exact) mass is 363 g/mol. The van der Waals surface area contributed by atoms with Crippen LogP contribution in [0.15, 0.2) is 71.9 Å². The average Bonchev–Trinajstić information content (AvgIpc) is 2.61. The van der Waals surface area contributed by atoms with Crippen LogP contribution in [0.1, 0.15) is 38.7 Å². The van der Waals surface area contributed by atoms with Gasteiger partial charge in [-0.1, -0.05) is 48.5 Å². The summed E-state index contributed by atoms with van der Waals surface area (Å²) in [4.78, 5) is 25.2. The van der Waals surface area contributed by atoms with Crippen molar-refractivity contribution in [3.8, 4) is 0 Å². The molecule has 0 radical (unpaired) electrons. The van der Waals surface area contributed by atoms with E-state index in [-0.39, 0.29) is 18.0 Å². The van der Waals surface area contributed by atoms with Gasteiger partial charge in [-0.25, -0.2) is 0 Å². The van der Waals surface area contributed by atoms with Crippen LogP contribution >= 0.6 is 0 Å². The Kier molecular flexibility index (Phi) is 5.29. The summed E-state index contributed by atoms with van der Waals surface area (Å²) < 4.78 is 0. The highest BCUT2D eigenvalue weighted by Crippen LogP contribution is 2.47. The zero-order chi connectivity index (χ0) is 19.6. The molecule has 140 valence electrons. The van der Waals surface area contributed by atoms with E-state index < -0.39 is 17.4 Å². The number of rotatable bonds is 5. The molecule has 0 fully saturated rings. The van der Waals surface area contributed by atoms with Crippen LogP contribution in [0.2, 0.25) is 0 Å². The van der Waals surface area contributed by atoms with Crippen molar-refractivity contribution in [3.05, 3.63) is 77.5 Å². The van der Waals surface area contributed by atoms with Gasteiger partial charge in [0.2, 0.25) is 0 Å². The molecule has 3 atom stereocenters. The highest BCUT2D eigenvalue weighted by molar-refractivity contribution is 5.98. The Bertz CT molecular complexity index is 869. The van der Waals surface area contributed by atoms with E-state index in [1.54, 1.807) is 6.92 Å². The molecule has 0 amide bonds. The number of benzene rings is 2. The molecule has 1 aliphatic rings. The normalized spacial score (nSPS) is 25.2. The fraction of sp³-hybridized carbons (Fsp3) is 0.304. The summed E-state index contributed by atoms with van der Waals surface area (Å²) in [6, 6.07) is 19.0. The number of hydrogen-bond donors (Lipinski definition) is 2. The molecule has 0 saturated carbocycles. The molecule has 0 aliphatic heterocycles. The van der Waals surface area contributed by atoms with Gasteiger partial charge in [0.15, 0.2) is 5.78 Å². The van der Waals surface area contributed by atoms with Gasteiger partial charge in [0.25, 0.3) is 0 Å². The Balaban J connectivity index is 2.20. The van der Waals surface area contributed by atoms with Gasteiger partial charge >= 0.3 is 0 Å². The maximum absolute atomic E-state index is 12.7. The number of anilines is 1. The molecular weight excluding hydrogens is 338 g/mol. The third-order valence-corrected chi connectivity index (χ3v) is 5.22. The van der Waals surface area contributed by atoms with Crippen LogP contribution in [0.4, 0.5) is 5.69 Å². The minimum absolute atomic E-state index is 0.0935. The summed E-state index contributed by atoms with van der Waals surface area (Å²) in [5, 5.41) is 14.5. The van der Waals surface area contributed by atoms with E-state index in [0.29, 0.717) is 11.3 Å². The summed E-state index contributed by atoms with van der Waals surface area (Å²) >= 11 is 0. The molecule has 0 heterocycles. The quantitative estimate of drug-likeness (QED) is 0.840. The van der Waals surface area contributed by atoms with Crippen molar-refractivity contribution < 1.29 is 14.7 Å². The topological polar surface area (TPSA) is 66.4 Å². The predicted octanol–water partition coefficient (Wildman–Crippen LogP) is 4.09. The lowest BCUT2D eigenvalue weighted by atomic mass is 9.64. The predicted molar refractivity (Wildman–Crippen MR) is 106 cm³/mol. The second-order valence-electron chi connectivity index (χ2n) is 7.45. The van der Waals surface area contributed by atoms with Crippen molar-refractivity contribution in [2.24, 2.45) is 5.92 Å². The first kappa shape index (κ1) is 19.1. The molecular formula is C23H25NO3. The number of ketones is 2. The Morgan fingerprint density at radius 3 is 2.07 bits per heavy atom. The lowest BCUT2D eigenvalue weighted by Crippen LogP contribution is -2.48. The Labute approximate surface area is 159 Å². The summed E-state index contributed by atoms with van der Waals surface area (Å²) in [7, 11) is 0. The number of aliphatic hydroxyl groups is 1. The molecule has 4 heteroatoms. The first-order chi connectivity index (χ1) is 12.8. The van der Waals surface area contributed by atoms with Crippen molar-refractivity contribution in [1.82, 2.24) is 0 Å². The molecule has 0 bridgehead atoms. The average molecular weight is 363 g/mol. The molecule has 4 nitrogen and oxygen atoms in total. The van der Waals surface area contributed by atoms with E-state index >= 15 is 0 Å². The Hall–Kier alpha value is -2.72. The van der Waals surface area contributed by atoms with E-state index in [4.69, 9.17) is 0 Å². The van der Waals surface area contributed by atoms with E-state index in [0.717, 1.165) is 11.3 Å². The van der Waals surface area contributed by atoms with Crippen molar-refractivity contribution in [3.63, 3.8) is 0 Å². The number of carbonyl (C=O) groups excluding carboxylic acids is 2. The van der Waals surface area contributed by atoms with Gasteiger partial charge in [0.05, 0.1) is 11.5 Å². The smallest absolute Gasteiger partial charge is 0.158 e. The maximum Gasteiger partial charge on any atom is 0.158 e. The molecule has 1 aliphatic carbocycles. The lowest BCUT2D eigenvalue weighted by Gasteiger charge is -2.43. The van der Waals surface area contributed by atoms with E-state index in [1.165, 1.54) is 13.8 Å². The van der Waals surface area contributed by atoms with Gasteiger partial charge in [-0.3, -0.25) is 9.59 Å². The fourth-order valence-electron chi connectivity index (χ4n) is 4.21. The van der Waals surface area contributed by atoms with Crippen LogP contribution in [-0.2, 0) is 9.59 Å². The summed E-state index contributed by atoms with van der Waals surface area (Å²) in [5.41, 5.74) is 1.68. The fourth-order valence-corrected chi connectivity index (χ4v) is 4.21. The number of nitrogens with one attached hydrogen (secondary N) is 1. The number of allylic oxidation sites excluding steroid dienone is 1. The number of carbonyl (C=O) groups is 2. The molecule has 2 aromatic carbocycles. The second-order valence-corrected chi connectivity index (χ2v) is 7.45. The molecule has 3 rings (SSSR count). The highest BCUT2D eigenvalue weighted by atomic mass is 16.3. The summed E-state index contributed by atoms with van der Waals surface area (Å²) in [6.07, 6.45) is 0.213. The molecule has 0 spiro atoms. The molecule has 2 N–H and O–H groups in total. The maximum atomic E-state index is 12.7. The largest absolute Gasteiger partial charge is 0.389 e. The van der Waals surface area contributed by atoms with E-state index in [9.17, 15) is 14.7 Å². The van der Waals surface area contributed by atoms with Crippen LogP contribution in [0.25, 0.3) is 0 Å². The van der Waals surface area contributed by atoms with Crippen molar-refractivity contribution in [2.45, 2.75) is 38.7 Å². The molecule has 2 aromatic rings. The Morgan fingerprint density at radius 2 is 1.56 bits per heavy atom. The Morgan fingerprint density at radius 1 is 1.00 bits per heavy atom. The zero-order valence-corrected chi connectivity index (χ0v) is 15.9. The van der Waals surface area contributed by atoms with Gasteiger partial charge in [-0.05, 0) is 38.5 Å². The van der Waals surface area contributed by atoms with Crippen LogP contribution in [0.3, 0.4) is 0 Å². The minimum Gasteiger partial charge on any atom is -0.389 e. The number of para-hydroxylation sites is 1. The summed E-state index contributed by atoms with van der Waals surface area (Å²) in [6.45, 7) is 4.69. The van der Waals surface area contributed by atoms with Gasteiger partial charge in [-0.15, -0.1) is 0 Å². The standard InChI is InChI=1S/C23H25NO3/c1-15(25)20-19(24-18-12-8-5-9-13-18)14-23(3,27)22(16(2)26)21(20)17-10-6-4-7-11-17/h4-13,21-22,24,27H,14H2,1-3H3/t21-,22-,23+/m0/s1. The van der Waals surface area contributed by atoms with Crippen molar-refractivity contribution in [1.29, 1.82) is 0 Å². The first-order valence-corrected chi connectivity index (χ1v) is 9.15. The van der Waals surface area contributed by atoms with Crippen LogP contribution in [0, 0.1) is 5.92 Å². The van der Waals surface area contributed by atoms with Gasteiger partial charge < -0.3 is 10.4 Å². The zero-order valence-electron chi connectivity index (χ0n) is 15.9. The molecule has 0 aromatic heterocycles. The van der Waals surface area contributed by atoms with Gasteiger partial charge in [0.1, 0.15) is 5.78 Å². The first-order valence-electron chi connectivity index (χ1n) is 9.15. The van der Waals surface area contributed by atoms with Gasteiger partial charge in [-0.2, -0.15) is 0 Å². The second kappa shape index (κ2) is 7.49. The van der Waals surface area contributed by atoms with E-state index in [1.807, 2.05) is 60.7 Å². The highest BCUT2D eigenvalue weighted by Gasteiger charge is 2.49. The van der Waals surface area contributed by atoms with E-state index in [2.05, 4.69) is 5.32 Å². The van der Waals surface area contributed by atoms with Crippen molar-refractivity contribution in [2.75, 3.05) is 5.32 Å². The number of Topliss-reactive ketones (excluding diaryl/α,β-unsaturated/α-hetero) is 2.